The highest BCUT2D eigenvalue weighted by molar-refractivity contribution is 7.80. The molecule has 5 heteroatoms. The Hall–Kier alpha value is 0.190. The van der Waals surface area contributed by atoms with Gasteiger partial charge in [0, 0.05) is 5.75 Å². The van der Waals surface area contributed by atoms with E-state index in [1.807, 2.05) is 0 Å². The molecular formula is C7H14O4S. The largest absolute Gasteiger partial charge is 0.388 e. The number of rotatable bonds is 1. The van der Waals surface area contributed by atoms with Crippen molar-refractivity contribution in [1.29, 1.82) is 0 Å². The fourth-order valence-electron chi connectivity index (χ4n) is 1.29. The molecule has 0 aromatic heterocycles. The van der Waals surface area contributed by atoms with Crippen LogP contribution in [0.3, 0.4) is 0 Å². The van der Waals surface area contributed by atoms with Crippen LogP contribution in [0.1, 0.15) is 6.92 Å². The van der Waals surface area contributed by atoms with Crippen molar-refractivity contribution in [2.45, 2.75) is 37.4 Å². The summed E-state index contributed by atoms with van der Waals surface area (Å²) >= 11 is 3.96. The Balaban J connectivity index is 2.63. The first-order valence-corrected chi connectivity index (χ1v) is 4.51. The van der Waals surface area contributed by atoms with Gasteiger partial charge >= 0.3 is 0 Å². The molecule has 72 valence electrons. The summed E-state index contributed by atoms with van der Waals surface area (Å²) < 4.78 is 5.19. The van der Waals surface area contributed by atoms with Crippen LogP contribution in [0.5, 0.6) is 0 Å². The molecule has 1 fully saturated rings. The fourth-order valence-corrected chi connectivity index (χ4v) is 1.59. The summed E-state index contributed by atoms with van der Waals surface area (Å²) in [5.74, 6) is 0.329. The predicted molar refractivity (Wildman–Crippen MR) is 46.2 cm³/mol. The van der Waals surface area contributed by atoms with Crippen molar-refractivity contribution in [3.8, 4) is 0 Å². The molecule has 3 N–H and O–H groups in total. The van der Waals surface area contributed by atoms with Gasteiger partial charge in [-0.15, -0.1) is 0 Å². The monoisotopic (exact) mass is 194 g/mol. The summed E-state index contributed by atoms with van der Waals surface area (Å²) in [6.07, 6.45) is -4.15. The SMILES string of the molecule is C[C@@H]1OC(CS)[C@@H](O)[C@H](O)C1O. The zero-order valence-corrected chi connectivity index (χ0v) is 7.69. The summed E-state index contributed by atoms with van der Waals surface area (Å²) in [5, 5.41) is 27.9. The van der Waals surface area contributed by atoms with Crippen molar-refractivity contribution in [2.24, 2.45) is 0 Å². The lowest BCUT2D eigenvalue weighted by Crippen LogP contribution is -2.57. The topological polar surface area (TPSA) is 69.9 Å². The summed E-state index contributed by atoms with van der Waals surface area (Å²) in [6, 6.07) is 0. The molecule has 0 aliphatic carbocycles. The molecular weight excluding hydrogens is 180 g/mol. The first kappa shape index (κ1) is 10.3. The number of hydrogen-bond donors (Lipinski definition) is 4. The third-order valence-corrected chi connectivity index (χ3v) is 2.49. The highest BCUT2D eigenvalue weighted by Crippen LogP contribution is 2.21. The van der Waals surface area contributed by atoms with Gasteiger partial charge in [0.25, 0.3) is 0 Å². The van der Waals surface area contributed by atoms with Crippen molar-refractivity contribution in [3.63, 3.8) is 0 Å². The number of aliphatic hydroxyl groups is 3. The van der Waals surface area contributed by atoms with E-state index in [-0.39, 0.29) is 0 Å². The number of aliphatic hydroxyl groups excluding tert-OH is 3. The highest BCUT2D eigenvalue weighted by atomic mass is 32.1. The van der Waals surface area contributed by atoms with Crippen molar-refractivity contribution in [3.05, 3.63) is 0 Å². The van der Waals surface area contributed by atoms with Crippen LogP contribution in [0.15, 0.2) is 0 Å². The van der Waals surface area contributed by atoms with E-state index in [9.17, 15) is 15.3 Å². The lowest BCUT2D eigenvalue weighted by molar-refractivity contribution is -0.210. The van der Waals surface area contributed by atoms with Gasteiger partial charge in [-0.2, -0.15) is 12.6 Å². The first-order valence-electron chi connectivity index (χ1n) is 3.88. The second kappa shape index (κ2) is 3.93. The van der Waals surface area contributed by atoms with Gasteiger partial charge in [0.1, 0.15) is 18.3 Å². The van der Waals surface area contributed by atoms with Crippen LogP contribution in [0.2, 0.25) is 0 Å². The second-order valence-corrected chi connectivity index (χ2v) is 3.40. The minimum Gasteiger partial charge on any atom is -0.388 e. The normalized spacial score (nSPS) is 49.2. The van der Waals surface area contributed by atoms with E-state index in [4.69, 9.17) is 4.74 Å². The predicted octanol–water partition coefficient (Wildman–Crippen LogP) is -1.21. The van der Waals surface area contributed by atoms with E-state index < -0.39 is 30.5 Å². The third-order valence-electron chi connectivity index (χ3n) is 2.13. The molecule has 0 saturated carbocycles. The summed E-state index contributed by atoms with van der Waals surface area (Å²) in [7, 11) is 0. The smallest absolute Gasteiger partial charge is 0.111 e. The molecule has 4 nitrogen and oxygen atoms in total. The van der Waals surface area contributed by atoms with Crippen molar-refractivity contribution < 1.29 is 20.1 Å². The summed E-state index contributed by atoms with van der Waals surface area (Å²) in [5.41, 5.74) is 0. The highest BCUT2D eigenvalue weighted by Gasteiger charge is 2.40. The molecule has 0 aromatic rings. The molecule has 2 unspecified atom stereocenters. The average Bonchev–Trinajstić information content (AvgIpc) is 2.08. The van der Waals surface area contributed by atoms with E-state index >= 15 is 0 Å². The van der Waals surface area contributed by atoms with Crippen LogP contribution in [-0.4, -0.2) is 51.6 Å². The molecule has 0 amide bonds. The van der Waals surface area contributed by atoms with Gasteiger partial charge in [-0.25, -0.2) is 0 Å². The van der Waals surface area contributed by atoms with Gasteiger partial charge in [0.05, 0.1) is 12.2 Å². The van der Waals surface area contributed by atoms with Crippen LogP contribution in [0, 0.1) is 0 Å². The molecule has 1 aliphatic heterocycles. The molecule has 12 heavy (non-hydrogen) atoms. The first-order chi connectivity index (χ1) is 5.57. The Morgan fingerprint density at radius 1 is 1.17 bits per heavy atom. The van der Waals surface area contributed by atoms with Crippen molar-refractivity contribution >= 4 is 12.6 Å². The second-order valence-electron chi connectivity index (χ2n) is 3.03. The van der Waals surface area contributed by atoms with Gasteiger partial charge < -0.3 is 20.1 Å². The standard InChI is InChI=1S/C7H14O4S/c1-3-5(8)7(10)6(9)4(2-12)11-3/h3-10,12H,2H2,1H3/t3-,4?,5?,6+,7+/m0/s1. The van der Waals surface area contributed by atoms with E-state index in [1.54, 1.807) is 6.92 Å². The van der Waals surface area contributed by atoms with E-state index in [0.717, 1.165) is 0 Å². The maximum atomic E-state index is 9.34. The average molecular weight is 194 g/mol. The Kier molecular flexibility index (Phi) is 3.37. The molecule has 1 heterocycles. The molecule has 1 rings (SSSR count). The number of ether oxygens (including phenoxy) is 1. The van der Waals surface area contributed by atoms with Gasteiger partial charge in [0.2, 0.25) is 0 Å². The van der Waals surface area contributed by atoms with Gasteiger partial charge in [-0.3, -0.25) is 0 Å². The fraction of sp³-hybridized carbons (Fsp3) is 1.00. The molecule has 0 radical (unpaired) electrons. The zero-order chi connectivity index (χ0) is 9.30. The molecule has 0 aromatic carbocycles. The minimum atomic E-state index is -1.13. The lowest BCUT2D eigenvalue weighted by atomic mass is 9.97. The minimum absolute atomic E-state index is 0.329. The zero-order valence-electron chi connectivity index (χ0n) is 6.79. The molecule has 0 spiro atoms. The molecule has 0 bridgehead atoms. The van der Waals surface area contributed by atoms with Crippen LogP contribution >= 0.6 is 12.6 Å². The third kappa shape index (κ3) is 1.75. The van der Waals surface area contributed by atoms with Crippen LogP contribution < -0.4 is 0 Å². The maximum absolute atomic E-state index is 9.34. The Labute approximate surface area is 76.6 Å². The van der Waals surface area contributed by atoms with Crippen LogP contribution in [0.25, 0.3) is 0 Å². The van der Waals surface area contributed by atoms with E-state index in [2.05, 4.69) is 12.6 Å². The molecule has 1 saturated heterocycles. The van der Waals surface area contributed by atoms with E-state index in [0.29, 0.717) is 5.75 Å². The Morgan fingerprint density at radius 3 is 2.25 bits per heavy atom. The van der Waals surface area contributed by atoms with Gasteiger partial charge in [-0.05, 0) is 6.92 Å². The molecule has 5 atom stereocenters. The summed E-state index contributed by atoms with van der Waals surface area (Å²) in [4.78, 5) is 0. The lowest BCUT2D eigenvalue weighted by Gasteiger charge is -2.38. The van der Waals surface area contributed by atoms with Crippen molar-refractivity contribution in [2.75, 3.05) is 5.75 Å². The van der Waals surface area contributed by atoms with Crippen LogP contribution in [-0.2, 0) is 4.74 Å². The summed E-state index contributed by atoms with van der Waals surface area (Å²) in [6.45, 7) is 1.65. The van der Waals surface area contributed by atoms with Crippen LogP contribution in [0.4, 0.5) is 0 Å². The quantitative estimate of drug-likeness (QED) is 0.395. The molecule has 1 aliphatic rings. The number of hydrogen-bond acceptors (Lipinski definition) is 5. The number of thiol groups is 1. The Bertz CT molecular complexity index is 150. The Morgan fingerprint density at radius 2 is 1.75 bits per heavy atom. The maximum Gasteiger partial charge on any atom is 0.111 e. The van der Waals surface area contributed by atoms with Crippen molar-refractivity contribution in [1.82, 2.24) is 0 Å². The van der Waals surface area contributed by atoms with Gasteiger partial charge in [0.15, 0.2) is 0 Å². The van der Waals surface area contributed by atoms with E-state index in [1.165, 1.54) is 0 Å². The van der Waals surface area contributed by atoms with Gasteiger partial charge in [-0.1, -0.05) is 0 Å².